The molecule has 0 saturated carbocycles. The van der Waals surface area contributed by atoms with Crippen molar-refractivity contribution >= 4 is 6.09 Å². The van der Waals surface area contributed by atoms with Gasteiger partial charge in [0.1, 0.15) is 0 Å². The molecule has 2 atom stereocenters. The highest BCUT2D eigenvalue weighted by atomic mass is 16.6. The van der Waals surface area contributed by atoms with E-state index in [2.05, 4.69) is 0 Å². The number of ether oxygens (including phenoxy) is 5. The summed E-state index contributed by atoms with van der Waals surface area (Å²) in [6, 6.07) is 10.0. The van der Waals surface area contributed by atoms with Gasteiger partial charge < -0.3 is 28.8 Å². The molecule has 28 heavy (non-hydrogen) atoms. The maximum absolute atomic E-state index is 12.3. The lowest BCUT2D eigenvalue weighted by molar-refractivity contribution is -0.101. The highest BCUT2D eigenvalue weighted by Gasteiger charge is 2.54. The van der Waals surface area contributed by atoms with Crippen LogP contribution in [0.1, 0.15) is 17.2 Å². The molecule has 1 N–H and O–H groups in total. The zero-order valence-electron chi connectivity index (χ0n) is 16.4. The van der Waals surface area contributed by atoms with Gasteiger partial charge in [0.25, 0.3) is 0 Å². The van der Waals surface area contributed by atoms with Gasteiger partial charge in [-0.05, 0) is 24.3 Å². The predicted octanol–water partition coefficient (Wildman–Crippen LogP) is 2.69. The van der Waals surface area contributed by atoms with Crippen molar-refractivity contribution in [1.29, 1.82) is 0 Å². The first kappa shape index (κ1) is 19.6. The summed E-state index contributed by atoms with van der Waals surface area (Å²) in [6.07, 6.45) is -1.65. The average Bonchev–Trinajstić information content (AvgIpc) is 2.97. The van der Waals surface area contributed by atoms with E-state index in [1.165, 1.54) is 35.5 Å². The monoisotopic (exact) mass is 389 g/mol. The molecule has 1 aliphatic heterocycles. The van der Waals surface area contributed by atoms with Crippen LogP contribution in [-0.4, -0.2) is 51.6 Å². The van der Waals surface area contributed by atoms with Crippen molar-refractivity contribution in [1.82, 2.24) is 4.90 Å². The molecule has 8 nitrogen and oxygen atoms in total. The smallest absolute Gasteiger partial charge is 0.412 e. The molecule has 1 heterocycles. The van der Waals surface area contributed by atoms with Gasteiger partial charge in [-0.2, -0.15) is 0 Å². The number of amides is 1. The maximum atomic E-state index is 12.3. The molecular formula is C20H23NO7. The fraction of sp³-hybridized carbons (Fsp3) is 0.350. The second kappa shape index (κ2) is 7.47. The fourth-order valence-corrected chi connectivity index (χ4v) is 3.30. The molecule has 0 aliphatic carbocycles. The number of benzene rings is 2. The first-order chi connectivity index (χ1) is 13.4. The van der Waals surface area contributed by atoms with Crippen LogP contribution in [0.2, 0.25) is 0 Å². The number of hydrogen-bond donors (Lipinski definition) is 1. The van der Waals surface area contributed by atoms with E-state index in [0.29, 0.717) is 34.1 Å². The standard InChI is InChI=1S/C20H23NO7/c1-21-19(22)28-18(12-6-8-14(24-2)16(10-12)26-4)20(21,23)13-7-9-15(25-3)17(11-13)27-5/h6-11,18,23H,1-5H3/t18-,20+/m1/s1. The zero-order valence-corrected chi connectivity index (χ0v) is 16.4. The van der Waals surface area contributed by atoms with Crippen molar-refractivity contribution in [2.45, 2.75) is 11.8 Å². The average molecular weight is 389 g/mol. The SMILES string of the molecule is COc1ccc([C@H]2OC(=O)N(C)[C@]2(O)c2ccc(OC)c(OC)c2)cc1OC. The number of carbonyl (C=O) groups is 1. The number of rotatable bonds is 6. The van der Waals surface area contributed by atoms with E-state index in [4.69, 9.17) is 23.7 Å². The minimum Gasteiger partial charge on any atom is -0.493 e. The lowest BCUT2D eigenvalue weighted by atomic mass is 9.91. The summed E-state index contributed by atoms with van der Waals surface area (Å²) < 4.78 is 26.7. The van der Waals surface area contributed by atoms with E-state index in [9.17, 15) is 9.90 Å². The van der Waals surface area contributed by atoms with Gasteiger partial charge in [-0.1, -0.05) is 12.1 Å². The summed E-state index contributed by atoms with van der Waals surface area (Å²) in [5.74, 6) is 1.91. The molecule has 0 unspecified atom stereocenters. The van der Waals surface area contributed by atoms with Crippen LogP contribution in [0.5, 0.6) is 23.0 Å². The Morgan fingerprint density at radius 3 is 2.00 bits per heavy atom. The van der Waals surface area contributed by atoms with Crippen molar-refractivity contribution < 1.29 is 33.6 Å². The number of methoxy groups -OCH3 is 4. The maximum Gasteiger partial charge on any atom is 0.412 e. The van der Waals surface area contributed by atoms with Gasteiger partial charge in [0.15, 0.2) is 29.1 Å². The van der Waals surface area contributed by atoms with E-state index in [1.807, 2.05) is 0 Å². The number of likely N-dealkylation sites (N-methyl/N-ethyl adjacent to an activating group) is 1. The van der Waals surface area contributed by atoms with Crippen molar-refractivity contribution in [3.8, 4) is 23.0 Å². The molecule has 0 aromatic heterocycles. The topological polar surface area (TPSA) is 86.7 Å². The first-order valence-corrected chi connectivity index (χ1v) is 8.51. The minimum absolute atomic E-state index is 0.415. The Hall–Kier alpha value is -3.13. The summed E-state index contributed by atoms with van der Waals surface area (Å²) in [7, 11) is 7.53. The highest BCUT2D eigenvalue weighted by Crippen LogP contribution is 2.48. The van der Waals surface area contributed by atoms with Crippen LogP contribution in [0.4, 0.5) is 4.79 Å². The largest absolute Gasteiger partial charge is 0.493 e. The summed E-state index contributed by atoms with van der Waals surface area (Å²) in [6.45, 7) is 0. The fourth-order valence-electron chi connectivity index (χ4n) is 3.30. The number of carbonyl (C=O) groups excluding carboxylic acids is 1. The van der Waals surface area contributed by atoms with Crippen molar-refractivity contribution in [3.63, 3.8) is 0 Å². The Morgan fingerprint density at radius 1 is 0.893 bits per heavy atom. The molecular weight excluding hydrogens is 366 g/mol. The van der Waals surface area contributed by atoms with E-state index < -0.39 is 17.9 Å². The third-order valence-corrected chi connectivity index (χ3v) is 4.89. The quantitative estimate of drug-likeness (QED) is 0.813. The van der Waals surface area contributed by atoms with Crippen LogP contribution in [0.15, 0.2) is 36.4 Å². The Balaban J connectivity index is 2.13. The number of nitrogens with zero attached hydrogens (tertiary/aromatic N) is 1. The molecule has 0 spiro atoms. The normalized spacial score (nSPS) is 21.3. The van der Waals surface area contributed by atoms with Crippen LogP contribution in [-0.2, 0) is 10.5 Å². The molecule has 1 fully saturated rings. The minimum atomic E-state index is -1.77. The second-order valence-electron chi connectivity index (χ2n) is 6.23. The molecule has 8 heteroatoms. The third-order valence-electron chi connectivity index (χ3n) is 4.89. The number of cyclic esters (lactones) is 1. The van der Waals surface area contributed by atoms with Crippen molar-refractivity contribution in [3.05, 3.63) is 47.5 Å². The van der Waals surface area contributed by atoms with Gasteiger partial charge in [0.05, 0.1) is 28.4 Å². The molecule has 150 valence electrons. The molecule has 1 saturated heterocycles. The molecule has 2 aromatic carbocycles. The Bertz CT molecular complexity index is 885. The van der Waals surface area contributed by atoms with E-state index in [-0.39, 0.29) is 0 Å². The summed E-state index contributed by atoms with van der Waals surface area (Å²) in [5, 5.41) is 11.6. The van der Waals surface area contributed by atoms with Crippen molar-refractivity contribution in [2.75, 3.05) is 35.5 Å². The van der Waals surface area contributed by atoms with Crippen LogP contribution < -0.4 is 18.9 Å². The summed E-state index contributed by atoms with van der Waals surface area (Å²) in [5.41, 5.74) is -0.804. The number of aliphatic hydroxyl groups is 1. The van der Waals surface area contributed by atoms with Crippen LogP contribution in [0.3, 0.4) is 0 Å². The highest BCUT2D eigenvalue weighted by molar-refractivity contribution is 5.72. The third kappa shape index (κ3) is 2.95. The van der Waals surface area contributed by atoms with Crippen LogP contribution >= 0.6 is 0 Å². The number of hydrogen-bond acceptors (Lipinski definition) is 7. The van der Waals surface area contributed by atoms with Crippen LogP contribution in [0, 0.1) is 0 Å². The van der Waals surface area contributed by atoms with E-state index in [0.717, 1.165) is 4.90 Å². The van der Waals surface area contributed by atoms with Gasteiger partial charge >= 0.3 is 6.09 Å². The van der Waals surface area contributed by atoms with Gasteiger partial charge in [-0.25, -0.2) is 4.79 Å². The van der Waals surface area contributed by atoms with Gasteiger partial charge in [-0.15, -0.1) is 0 Å². The molecule has 0 bridgehead atoms. The molecule has 3 rings (SSSR count). The van der Waals surface area contributed by atoms with Crippen LogP contribution in [0.25, 0.3) is 0 Å². The molecule has 1 aliphatic rings. The molecule has 1 amide bonds. The van der Waals surface area contributed by atoms with Gasteiger partial charge in [0.2, 0.25) is 5.72 Å². The predicted molar refractivity (Wildman–Crippen MR) is 100.0 cm³/mol. The van der Waals surface area contributed by atoms with Crippen molar-refractivity contribution in [2.24, 2.45) is 0 Å². The molecule has 0 radical (unpaired) electrons. The van der Waals surface area contributed by atoms with Gasteiger partial charge in [-0.3, -0.25) is 4.90 Å². The summed E-state index contributed by atoms with van der Waals surface area (Å²) in [4.78, 5) is 13.5. The van der Waals surface area contributed by atoms with E-state index >= 15 is 0 Å². The lowest BCUT2D eigenvalue weighted by Crippen LogP contribution is -2.43. The van der Waals surface area contributed by atoms with E-state index in [1.54, 1.807) is 36.4 Å². The molecule has 2 aromatic rings. The Labute approximate surface area is 163 Å². The lowest BCUT2D eigenvalue weighted by Gasteiger charge is -2.33. The Kier molecular flexibility index (Phi) is 5.24. The second-order valence-corrected chi connectivity index (χ2v) is 6.23. The summed E-state index contributed by atoms with van der Waals surface area (Å²) >= 11 is 0. The van der Waals surface area contributed by atoms with Gasteiger partial charge in [0, 0.05) is 18.2 Å². The first-order valence-electron chi connectivity index (χ1n) is 8.51. The Morgan fingerprint density at radius 2 is 1.43 bits per heavy atom. The zero-order chi connectivity index (χ0) is 20.5.